The van der Waals surface area contributed by atoms with Gasteiger partial charge in [0.2, 0.25) is 5.91 Å². The topological polar surface area (TPSA) is 103 Å². The van der Waals surface area contributed by atoms with E-state index >= 15 is 0 Å². The Morgan fingerprint density at radius 2 is 2.00 bits per heavy atom. The molecule has 0 spiro atoms. The van der Waals surface area contributed by atoms with Crippen LogP contribution in [0.2, 0.25) is 0 Å². The van der Waals surface area contributed by atoms with Gasteiger partial charge in [-0.3, -0.25) is 14.5 Å². The molecule has 0 aromatic heterocycles. The molecular weight excluding hydrogens is 360 g/mol. The summed E-state index contributed by atoms with van der Waals surface area (Å²) >= 11 is 0. The Labute approximate surface area is 164 Å². The third kappa shape index (κ3) is 4.49. The summed E-state index contributed by atoms with van der Waals surface area (Å²) < 4.78 is 5.54. The monoisotopic (exact) mass is 384 g/mol. The van der Waals surface area contributed by atoms with Crippen LogP contribution in [0.25, 0.3) is 0 Å². The van der Waals surface area contributed by atoms with Crippen molar-refractivity contribution in [3.63, 3.8) is 0 Å². The molecule has 1 heterocycles. The average molecular weight is 384 g/mol. The number of rotatable bonds is 8. The number of carbonyl (C=O) groups excluding carboxylic acids is 3. The molecule has 1 aliphatic rings. The second-order valence-corrected chi connectivity index (χ2v) is 6.94. The van der Waals surface area contributed by atoms with Crippen LogP contribution in [0.4, 0.5) is 4.79 Å². The van der Waals surface area contributed by atoms with Crippen molar-refractivity contribution in [2.75, 3.05) is 26.7 Å². The SMILES string of the molecule is C=C(C)COc1ccc(C2(C)NC(=O)N(CC(=O)N(C)CCC#N)C2=O)cc1. The summed E-state index contributed by atoms with van der Waals surface area (Å²) in [4.78, 5) is 39.7. The first-order chi connectivity index (χ1) is 13.2. The molecular formula is C20H24N4O4. The van der Waals surface area contributed by atoms with Crippen molar-refractivity contribution >= 4 is 17.8 Å². The summed E-state index contributed by atoms with van der Waals surface area (Å²) in [6.07, 6.45) is 0.180. The van der Waals surface area contributed by atoms with Gasteiger partial charge in [0, 0.05) is 13.6 Å². The molecule has 0 bridgehead atoms. The Bertz CT molecular complexity index is 828. The van der Waals surface area contributed by atoms with Gasteiger partial charge < -0.3 is 15.0 Å². The van der Waals surface area contributed by atoms with Gasteiger partial charge in [0.25, 0.3) is 5.91 Å². The molecule has 1 N–H and O–H groups in total. The Kier molecular flexibility index (Phi) is 6.41. The molecule has 8 heteroatoms. The quantitative estimate of drug-likeness (QED) is 0.544. The van der Waals surface area contributed by atoms with Gasteiger partial charge in [0.15, 0.2) is 0 Å². The Morgan fingerprint density at radius 1 is 1.36 bits per heavy atom. The predicted molar refractivity (Wildman–Crippen MR) is 102 cm³/mol. The zero-order chi connectivity index (χ0) is 20.9. The van der Waals surface area contributed by atoms with Crippen LogP contribution in [0.15, 0.2) is 36.4 Å². The number of likely N-dealkylation sites (N-methyl/N-ethyl adjacent to an activating group) is 1. The number of nitrogens with zero attached hydrogens (tertiary/aromatic N) is 3. The molecule has 1 aromatic rings. The molecule has 28 heavy (non-hydrogen) atoms. The van der Waals surface area contributed by atoms with Crippen LogP contribution in [-0.2, 0) is 15.1 Å². The number of urea groups is 1. The fourth-order valence-corrected chi connectivity index (χ4v) is 2.73. The Balaban J connectivity index is 2.11. The molecule has 2 rings (SSSR count). The molecule has 1 unspecified atom stereocenters. The summed E-state index contributed by atoms with van der Waals surface area (Å²) in [5.41, 5.74) is 0.200. The minimum absolute atomic E-state index is 0.180. The van der Waals surface area contributed by atoms with Gasteiger partial charge in [-0.25, -0.2) is 4.79 Å². The number of benzene rings is 1. The number of nitriles is 1. The minimum Gasteiger partial charge on any atom is -0.489 e. The zero-order valence-electron chi connectivity index (χ0n) is 16.3. The van der Waals surface area contributed by atoms with Crippen LogP contribution in [0.3, 0.4) is 0 Å². The van der Waals surface area contributed by atoms with Gasteiger partial charge in [-0.2, -0.15) is 5.26 Å². The van der Waals surface area contributed by atoms with Crippen LogP contribution in [-0.4, -0.2) is 54.4 Å². The van der Waals surface area contributed by atoms with Crippen LogP contribution < -0.4 is 10.1 Å². The number of ether oxygens (including phenoxy) is 1. The van der Waals surface area contributed by atoms with Crippen LogP contribution in [0, 0.1) is 11.3 Å². The second kappa shape index (κ2) is 8.57. The molecule has 1 fully saturated rings. The van der Waals surface area contributed by atoms with Crippen molar-refractivity contribution in [2.45, 2.75) is 25.8 Å². The summed E-state index contributed by atoms with van der Waals surface area (Å²) in [6, 6.07) is 8.16. The lowest BCUT2D eigenvalue weighted by atomic mass is 9.92. The molecule has 1 aromatic carbocycles. The number of imide groups is 1. The molecule has 1 atom stereocenters. The van der Waals surface area contributed by atoms with E-state index in [-0.39, 0.29) is 19.5 Å². The lowest BCUT2D eigenvalue weighted by Crippen LogP contribution is -2.43. The van der Waals surface area contributed by atoms with E-state index in [0.717, 1.165) is 10.5 Å². The molecule has 4 amide bonds. The maximum Gasteiger partial charge on any atom is 0.325 e. The molecule has 1 saturated heterocycles. The van der Waals surface area contributed by atoms with E-state index in [9.17, 15) is 14.4 Å². The number of amides is 4. The summed E-state index contributed by atoms with van der Waals surface area (Å²) in [6.45, 7) is 7.48. The first kappa shape index (κ1) is 21.0. The predicted octanol–water partition coefficient (Wildman–Crippen LogP) is 1.78. The van der Waals surface area contributed by atoms with Gasteiger partial charge in [0.1, 0.15) is 24.4 Å². The Morgan fingerprint density at radius 3 is 2.57 bits per heavy atom. The molecule has 1 aliphatic heterocycles. The zero-order valence-corrected chi connectivity index (χ0v) is 16.3. The normalized spacial score (nSPS) is 18.4. The summed E-state index contributed by atoms with van der Waals surface area (Å²) in [5, 5.41) is 11.3. The minimum atomic E-state index is -1.27. The van der Waals surface area contributed by atoms with E-state index in [1.165, 1.54) is 11.9 Å². The van der Waals surface area contributed by atoms with Crippen molar-refractivity contribution in [3.8, 4) is 11.8 Å². The van der Waals surface area contributed by atoms with Crippen molar-refractivity contribution in [1.29, 1.82) is 5.26 Å². The van der Waals surface area contributed by atoms with E-state index in [1.807, 2.05) is 13.0 Å². The highest BCUT2D eigenvalue weighted by atomic mass is 16.5. The van der Waals surface area contributed by atoms with Crippen LogP contribution in [0.1, 0.15) is 25.8 Å². The van der Waals surface area contributed by atoms with E-state index in [2.05, 4.69) is 11.9 Å². The number of nitrogens with one attached hydrogen (secondary N) is 1. The van der Waals surface area contributed by atoms with Crippen LogP contribution in [0.5, 0.6) is 5.75 Å². The van der Waals surface area contributed by atoms with Crippen molar-refractivity contribution in [2.24, 2.45) is 0 Å². The van der Waals surface area contributed by atoms with Gasteiger partial charge >= 0.3 is 6.03 Å². The third-order valence-corrected chi connectivity index (χ3v) is 4.47. The number of hydrogen-bond donors (Lipinski definition) is 1. The largest absolute Gasteiger partial charge is 0.489 e. The lowest BCUT2D eigenvalue weighted by molar-refractivity contribution is -0.138. The number of carbonyl (C=O) groups is 3. The van der Waals surface area contributed by atoms with Crippen molar-refractivity contribution < 1.29 is 19.1 Å². The summed E-state index contributed by atoms with van der Waals surface area (Å²) in [7, 11) is 1.53. The second-order valence-electron chi connectivity index (χ2n) is 6.94. The first-order valence-electron chi connectivity index (χ1n) is 8.81. The van der Waals surface area contributed by atoms with Crippen LogP contribution >= 0.6 is 0 Å². The standard InChI is InChI=1S/C20H24N4O4/c1-14(2)13-28-16-8-6-15(7-9-16)20(3)18(26)24(19(27)22-20)12-17(25)23(4)11-5-10-21/h6-9H,1,5,11-13H2,2-4H3,(H,22,27). The maximum absolute atomic E-state index is 12.9. The fraction of sp³-hybridized carbons (Fsp3) is 0.400. The van der Waals surface area contributed by atoms with E-state index in [1.54, 1.807) is 31.2 Å². The molecule has 0 aliphatic carbocycles. The van der Waals surface area contributed by atoms with Crippen molar-refractivity contribution in [1.82, 2.24) is 15.1 Å². The Hall–Kier alpha value is -3.34. The molecule has 8 nitrogen and oxygen atoms in total. The van der Waals surface area contributed by atoms with E-state index in [4.69, 9.17) is 10.00 Å². The molecule has 0 radical (unpaired) electrons. The molecule has 148 valence electrons. The lowest BCUT2D eigenvalue weighted by Gasteiger charge is -2.23. The highest BCUT2D eigenvalue weighted by molar-refractivity contribution is 6.09. The van der Waals surface area contributed by atoms with Gasteiger partial charge in [-0.05, 0) is 37.1 Å². The van der Waals surface area contributed by atoms with E-state index in [0.29, 0.717) is 17.9 Å². The van der Waals surface area contributed by atoms with Crippen molar-refractivity contribution in [3.05, 3.63) is 42.0 Å². The first-order valence-corrected chi connectivity index (χ1v) is 8.81. The molecule has 0 saturated carbocycles. The highest BCUT2D eigenvalue weighted by Gasteiger charge is 2.49. The highest BCUT2D eigenvalue weighted by Crippen LogP contribution is 2.30. The third-order valence-electron chi connectivity index (χ3n) is 4.47. The van der Waals surface area contributed by atoms with Gasteiger partial charge in [-0.15, -0.1) is 0 Å². The average Bonchev–Trinajstić information content (AvgIpc) is 2.88. The maximum atomic E-state index is 12.9. The summed E-state index contributed by atoms with van der Waals surface area (Å²) in [5.74, 6) is -0.292. The number of hydrogen-bond acceptors (Lipinski definition) is 5. The fourth-order valence-electron chi connectivity index (χ4n) is 2.73. The van der Waals surface area contributed by atoms with Gasteiger partial charge in [-0.1, -0.05) is 18.7 Å². The van der Waals surface area contributed by atoms with E-state index < -0.39 is 23.4 Å². The smallest absolute Gasteiger partial charge is 0.325 e. The van der Waals surface area contributed by atoms with Gasteiger partial charge in [0.05, 0.1) is 12.5 Å².